The molecule has 0 radical (unpaired) electrons. The van der Waals surface area contributed by atoms with E-state index in [2.05, 4.69) is 15.9 Å². The SMILES string of the molecule is CCC(Oc1c(C)cc(Br)cc1C)C(=O)O. The van der Waals surface area contributed by atoms with E-state index in [-0.39, 0.29) is 0 Å². The number of aliphatic carboxylic acids is 1. The Labute approximate surface area is 104 Å². The maximum Gasteiger partial charge on any atom is 0.344 e. The van der Waals surface area contributed by atoms with Crippen molar-refractivity contribution in [2.45, 2.75) is 33.3 Å². The Bertz CT molecular complexity index is 378. The number of halogens is 1. The summed E-state index contributed by atoms with van der Waals surface area (Å²) in [5.74, 6) is -0.262. The lowest BCUT2D eigenvalue weighted by Crippen LogP contribution is -2.26. The highest BCUT2D eigenvalue weighted by Crippen LogP contribution is 2.28. The number of hydrogen-bond acceptors (Lipinski definition) is 2. The maximum absolute atomic E-state index is 10.9. The molecule has 0 bridgehead atoms. The molecule has 1 aromatic carbocycles. The summed E-state index contributed by atoms with van der Waals surface area (Å²) >= 11 is 3.39. The van der Waals surface area contributed by atoms with Crippen molar-refractivity contribution in [3.05, 3.63) is 27.7 Å². The van der Waals surface area contributed by atoms with E-state index >= 15 is 0 Å². The first kappa shape index (κ1) is 13.0. The van der Waals surface area contributed by atoms with E-state index < -0.39 is 12.1 Å². The fourth-order valence-electron chi connectivity index (χ4n) is 1.53. The Morgan fingerprint density at radius 2 is 1.94 bits per heavy atom. The van der Waals surface area contributed by atoms with Gasteiger partial charge >= 0.3 is 5.97 Å². The minimum Gasteiger partial charge on any atom is -0.479 e. The molecule has 1 rings (SSSR count). The van der Waals surface area contributed by atoms with Crippen LogP contribution in [-0.4, -0.2) is 17.2 Å². The molecular formula is C12H15BrO3. The molecule has 0 spiro atoms. The first-order valence-corrected chi connectivity index (χ1v) is 5.91. The van der Waals surface area contributed by atoms with E-state index in [0.717, 1.165) is 15.6 Å². The van der Waals surface area contributed by atoms with Gasteiger partial charge in [0.2, 0.25) is 0 Å². The third-order valence-corrected chi connectivity index (χ3v) is 2.79. The molecule has 88 valence electrons. The summed E-state index contributed by atoms with van der Waals surface area (Å²) < 4.78 is 6.49. The second kappa shape index (κ2) is 5.34. The Hall–Kier alpha value is -1.03. The van der Waals surface area contributed by atoms with Crippen LogP contribution in [0.3, 0.4) is 0 Å². The summed E-state index contributed by atoms with van der Waals surface area (Å²) in [5.41, 5.74) is 1.87. The molecule has 1 unspecified atom stereocenters. The minimum absolute atomic E-state index is 0.449. The van der Waals surface area contributed by atoms with Crippen molar-refractivity contribution in [2.24, 2.45) is 0 Å². The number of carbonyl (C=O) groups is 1. The van der Waals surface area contributed by atoms with Crippen LogP contribution >= 0.6 is 15.9 Å². The predicted octanol–water partition coefficient (Wildman–Crippen LogP) is 3.31. The van der Waals surface area contributed by atoms with Crippen LogP contribution in [0.1, 0.15) is 24.5 Å². The van der Waals surface area contributed by atoms with Gasteiger partial charge in [-0.3, -0.25) is 0 Å². The standard InChI is InChI=1S/C12H15BrO3/c1-4-10(12(14)15)16-11-7(2)5-9(13)6-8(11)3/h5-6,10H,4H2,1-3H3,(H,14,15). The molecule has 4 heteroatoms. The number of aryl methyl sites for hydroxylation is 2. The van der Waals surface area contributed by atoms with Gasteiger partial charge in [0, 0.05) is 4.47 Å². The Morgan fingerprint density at radius 1 is 1.44 bits per heavy atom. The highest BCUT2D eigenvalue weighted by atomic mass is 79.9. The van der Waals surface area contributed by atoms with E-state index in [1.54, 1.807) is 6.92 Å². The number of ether oxygens (including phenoxy) is 1. The lowest BCUT2D eigenvalue weighted by atomic mass is 10.1. The van der Waals surface area contributed by atoms with Gasteiger partial charge in [0.15, 0.2) is 6.10 Å². The third-order valence-electron chi connectivity index (χ3n) is 2.33. The van der Waals surface area contributed by atoms with Gasteiger partial charge in [0.25, 0.3) is 0 Å². The zero-order valence-corrected chi connectivity index (χ0v) is 11.2. The van der Waals surface area contributed by atoms with Crippen LogP contribution in [-0.2, 0) is 4.79 Å². The first-order chi connectivity index (χ1) is 7.45. The maximum atomic E-state index is 10.9. The summed E-state index contributed by atoms with van der Waals surface area (Å²) in [6.45, 7) is 5.60. The predicted molar refractivity (Wildman–Crippen MR) is 66.0 cm³/mol. The van der Waals surface area contributed by atoms with Gasteiger partial charge in [-0.2, -0.15) is 0 Å². The molecular weight excluding hydrogens is 272 g/mol. The van der Waals surface area contributed by atoms with Crippen molar-refractivity contribution in [1.29, 1.82) is 0 Å². The van der Waals surface area contributed by atoms with Gasteiger partial charge in [-0.15, -0.1) is 0 Å². The largest absolute Gasteiger partial charge is 0.479 e. The molecule has 0 aliphatic carbocycles. The van der Waals surface area contributed by atoms with Crippen LogP contribution < -0.4 is 4.74 Å². The van der Waals surface area contributed by atoms with Gasteiger partial charge in [-0.1, -0.05) is 22.9 Å². The number of rotatable bonds is 4. The molecule has 16 heavy (non-hydrogen) atoms. The second-order valence-electron chi connectivity index (χ2n) is 3.72. The molecule has 0 saturated heterocycles. The van der Waals surface area contributed by atoms with Crippen molar-refractivity contribution in [1.82, 2.24) is 0 Å². The normalized spacial score (nSPS) is 12.2. The molecule has 0 heterocycles. The van der Waals surface area contributed by atoms with E-state index in [0.29, 0.717) is 12.2 Å². The molecule has 3 nitrogen and oxygen atoms in total. The molecule has 0 saturated carbocycles. The average molecular weight is 287 g/mol. The van der Waals surface area contributed by atoms with Crippen LogP contribution in [0.5, 0.6) is 5.75 Å². The summed E-state index contributed by atoms with van der Waals surface area (Å²) in [5, 5.41) is 8.94. The fourth-order valence-corrected chi connectivity index (χ4v) is 2.22. The molecule has 1 N–H and O–H groups in total. The van der Waals surface area contributed by atoms with Crippen LogP contribution in [0, 0.1) is 13.8 Å². The smallest absolute Gasteiger partial charge is 0.344 e. The van der Waals surface area contributed by atoms with Crippen molar-refractivity contribution < 1.29 is 14.6 Å². The minimum atomic E-state index is -0.927. The van der Waals surface area contributed by atoms with E-state index in [4.69, 9.17) is 9.84 Å². The van der Waals surface area contributed by atoms with Crippen molar-refractivity contribution in [3.8, 4) is 5.75 Å². The van der Waals surface area contributed by atoms with Crippen molar-refractivity contribution in [3.63, 3.8) is 0 Å². The highest BCUT2D eigenvalue weighted by Gasteiger charge is 2.18. The van der Waals surface area contributed by atoms with Gasteiger partial charge in [0.05, 0.1) is 0 Å². The number of carboxylic acids is 1. The fraction of sp³-hybridized carbons (Fsp3) is 0.417. The Kier molecular flexibility index (Phi) is 4.35. The molecule has 0 aromatic heterocycles. The molecule has 0 aliphatic rings. The van der Waals surface area contributed by atoms with Gasteiger partial charge < -0.3 is 9.84 Å². The van der Waals surface area contributed by atoms with Gasteiger partial charge in [-0.05, 0) is 43.5 Å². The zero-order chi connectivity index (χ0) is 12.3. The number of benzene rings is 1. The summed E-state index contributed by atoms with van der Waals surface area (Å²) in [4.78, 5) is 10.9. The number of hydrogen-bond donors (Lipinski definition) is 1. The lowest BCUT2D eigenvalue weighted by molar-refractivity contribution is -0.145. The molecule has 0 aliphatic heterocycles. The van der Waals surface area contributed by atoms with Crippen LogP contribution in [0.15, 0.2) is 16.6 Å². The van der Waals surface area contributed by atoms with E-state index in [9.17, 15) is 4.79 Å². The zero-order valence-electron chi connectivity index (χ0n) is 9.58. The topological polar surface area (TPSA) is 46.5 Å². The summed E-state index contributed by atoms with van der Waals surface area (Å²) in [7, 11) is 0. The monoisotopic (exact) mass is 286 g/mol. The van der Waals surface area contributed by atoms with Gasteiger partial charge in [0.1, 0.15) is 5.75 Å². The summed E-state index contributed by atoms with van der Waals surface area (Å²) in [6.07, 6.45) is -0.330. The average Bonchev–Trinajstić information content (AvgIpc) is 2.15. The number of carboxylic acid groups (broad SMARTS) is 1. The first-order valence-electron chi connectivity index (χ1n) is 5.12. The van der Waals surface area contributed by atoms with Crippen LogP contribution in [0.4, 0.5) is 0 Å². The van der Waals surface area contributed by atoms with Gasteiger partial charge in [-0.25, -0.2) is 4.79 Å². The molecule has 0 amide bonds. The molecule has 1 aromatic rings. The van der Waals surface area contributed by atoms with Crippen molar-refractivity contribution >= 4 is 21.9 Å². The Morgan fingerprint density at radius 3 is 2.31 bits per heavy atom. The molecule has 0 fully saturated rings. The highest BCUT2D eigenvalue weighted by molar-refractivity contribution is 9.10. The molecule has 1 atom stereocenters. The quantitative estimate of drug-likeness (QED) is 0.924. The van der Waals surface area contributed by atoms with Crippen molar-refractivity contribution in [2.75, 3.05) is 0 Å². The van der Waals surface area contributed by atoms with Crippen LogP contribution in [0.2, 0.25) is 0 Å². The Balaban J connectivity index is 3.01. The summed E-state index contributed by atoms with van der Waals surface area (Å²) in [6, 6.07) is 3.83. The van der Waals surface area contributed by atoms with E-state index in [1.807, 2.05) is 26.0 Å². The lowest BCUT2D eigenvalue weighted by Gasteiger charge is -2.17. The van der Waals surface area contributed by atoms with Crippen LogP contribution in [0.25, 0.3) is 0 Å². The second-order valence-corrected chi connectivity index (χ2v) is 4.64. The third kappa shape index (κ3) is 2.98. The van der Waals surface area contributed by atoms with E-state index in [1.165, 1.54) is 0 Å².